The van der Waals surface area contributed by atoms with E-state index < -0.39 is 0 Å². The molecule has 2 fully saturated rings. The first kappa shape index (κ1) is 18.2. The SMILES string of the molecule is COC1CN(C)C(=O)C2(CCN(C(=O)CSc3ccncc3)CC2)C1. The molecule has 1 atom stereocenters. The van der Waals surface area contributed by atoms with Gasteiger partial charge in [-0.1, -0.05) is 0 Å². The van der Waals surface area contributed by atoms with Crippen LogP contribution < -0.4 is 0 Å². The lowest BCUT2D eigenvalue weighted by atomic mass is 9.71. The number of ether oxygens (including phenoxy) is 1. The van der Waals surface area contributed by atoms with Crippen molar-refractivity contribution in [1.29, 1.82) is 0 Å². The third-order valence-corrected chi connectivity index (χ3v) is 6.31. The Bertz CT molecular complexity index is 617. The van der Waals surface area contributed by atoms with Gasteiger partial charge in [0.1, 0.15) is 0 Å². The van der Waals surface area contributed by atoms with Crippen LogP contribution in [0.15, 0.2) is 29.4 Å². The summed E-state index contributed by atoms with van der Waals surface area (Å²) >= 11 is 1.53. The Labute approximate surface area is 152 Å². The molecule has 0 aromatic carbocycles. The van der Waals surface area contributed by atoms with Crippen molar-refractivity contribution < 1.29 is 14.3 Å². The summed E-state index contributed by atoms with van der Waals surface area (Å²) in [5.41, 5.74) is -0.358. The molecule has 0 aliphatic carbocycles. The number of hydrogen-bond acceptors (Lipinski definition) is 5. The van der Waals surface area contributed by atoms with Crippen LogP contribution in [0.1, 0.15) is 19.3 Å². The standard InChI is InChI=1S/C18H25N3O3S/c1-20-12-14(24-2)11-18(17(20)23)5-9-21(10-6-18)16(22)13-25-15-3-7-19-8-4-15/h3-4,7-8,14H,5-6,9-13H2,1-2H3. The van der Waals surface area contributed by atoms with Gasteiger partial charge in [-0.2, -0.15) is 0 Å². The Morgan fingerprint density at radius 1 is 1.36 bits per heavy atom. The van der Waals surface area contributed by atoms with Gasteiger partial charge in [0, 0.05) is 51.1 Å². The summed E-state index contributed by atoms with van der Waals surface area (Å²) in [4.78, 5) is 33.9. The molecule has 25 heavy (non-hydrogen) atoms. The molecular formula is C18H25N3O3S. The number of likely N-dealkylation sites (tertiary alicyclic amines) is 2. The van der Waals surface area contributed by atoms with Crippen molar-refractivity contribution in [2.24, 2.45) is 5.41 Å². The van der Waals surface area contributed by atoms with Gasteiger partial charge in [-0.25, -0.2) is 0 Å². The van der Waals surface area contributed by atoms with Crippen LogP contribution in [0.25, 0.3) is 0 Å². The van der Waals surface area contributed by atoms with Crippen molar-refractivity contribution in [3.63, 3.8) is 0 Å². The van der Waals surface area contributed by atoms with Crippen molar-refractivity contribution in [3.8, 4) is 0 Å². The van der Waals surface area contributed by atoms with Gasteiger partial charge in [-0.3, -0.25) is 14.6 Å². The average molecular weight is 363 g/mol. The van der Waals surface area contributed by atoms with Gasteiger partial charge < -0.3 is 14.5 Å². The topological polar surface area (TPSA) is 62.7 Å². The minimum absolute atomic E-state index is 0.0900. The lowest BCUT2D eigenvalue weighted by molar-refractivity contribution is -0.157. The molecule has 1 spiro atoms. The van der Waals surface area contributed by atoms with E-state index in [-0.39, 0.29) is 23.3 Å². The van der Waals surface area contributed by atoms with Gasteiger partial charge in [0.05, 0.1) is 17.3 Å². The van der Waals surface area contributed by atoms with Gasteiger partial charge >= 0.3 is 0 Å². The van der Waals surface area contributed by atoms with Gasteiger partial charge in [0.15, 0.2) is 0 Å². The summed E-state index contributed by atoms with van der Waals surface area (Å²) in [6, 6.07) is 3.81. The van der Waals surface area contributed by atoms with Crippen molar-refractivity contribution in [3.05, 3.63) is 24.5 Å². The number of methoxy groups -OCH3 is 1. The highest BCUT2D eigenvalue weighted by atomic mass is 32.2. The van der Waals surface area contributed by atoms with E-state index in [0.29, 0.717) is 25.4 Å². The molecule has 2 aliphatic rings. The number of thioether (sulfide) groups is 1. The second-order valence-corrected chi connectivity index (χ2v) is 7.93. The van der Waals surface area contributed by atoms with Gasteiger partial charge in [0.2, 0.25) is 11.8 Å². The van der Waals surface area contributed by atoms with Crippen LogP contribution in [0.2, 0.25) is 0 Å². The lowest BCUT2D eigenvalue weighted by Crippen LogP contribution is -2.57. The number of piperidine rings is 2. The molecule has 1 unspecified atom stereocenters. The van der Waals surface area contributed by atoms with E-state index in [1.54, 1.807) is 24.4 Å². The van der Waals surface area contributed by atoms with Gasteiger partial charge in [0.25, 0.3) is 0 Å². The molecule has 1 aromatic rings. The molecule has 0 radical (unpaired) electrons. The molecule has 0 bridgehead atoms. The highest BCUT2D eigenvalue weighted by molar-refractivity contribution is 8.00. The Hall–Kier alpha value is -1.60. The van der Waals surface area contributed by atoms with Crippen molar-refractivity contribution >= 4 is 23.6 Å². The van der Waals surface area contributed by atoms with Crippen molar-refractivity contribution in [2.75, 3.05) is 39.5 Å². The third kappa shape index (κ3) is 3.98. The molecule has 3 heterocycles. The Morgan fingerprint density at radius 2 is 2.04 bits per heavy atom. The molecule has 2 aliphatic heterocycles. The summed E-state index contributed by atoms with van der Waals surface area (Å²) in [7, 11) is 3.55. The summed E-state index contributed by atoms with van der Waals surface area (Å²) in [6.45, 7) is 1.94. The summed E-state index contributed by atoms with van der Waals surface area (Å²) in [6.07, 6.45) is 5.76. The van der Waals surface area contributed by atoms with E-state index in [0.717, 1.165) is 24.2 Å². The Balaban J connectivity index is 1.55. The molecule has 2 amide bonds. The number of carbonyl (C=O) groups is 2. The molecule has 136 valence electrons. The first-order chi connectivity index (χ1) is 12.0. The van der Waals surface area contributed by atoms with E-state index in [9.17, 15) is 9.59 Å². The van der Waals surface area contributed by atoms with E-state index in [2.05, 4.69) is 4.98 Å². The summed E-state index contributed by atoms with van der Waals surface area (Å²) < 4.78 is 5.52. The van der Waals surface area contributed by atoms with E-state index in [4.69, 9.17) is 4.74 Å². The molecule has 1 aromatic heterocycles. The minimum Gasteiger partial charge on any atom is -0.380 e. The van der Waals surface area contributed by atoms with Crippen LogP contribution in [-0.2, 0) is 14.3 Å². The fourth-order valence-corrected chi connectivity index (χ4v) is 4.60. The molecular weight excluding hydrogens is 338 g/mol. The number of carbonyl (C=O) groups excluding carboxylic acids is 2. The highest BCUT2D eigenvalue weighted by Gasteiger charge is 2.48. The second kappa shape index (κ2) is 7.74. The monoisotopic (exact) mass is 363 g/mol. The number of nitrogens with zero attached hydrogens (tertiary/aromatic N) is 3. The molecule has 0 N–H and O–H groups in total. The number of rotatable bonds is 4. The predicted molar refractivity (Wildman–Crippen MR) is 96.3 cm³/mol. The normalized spacial score (nSPS) is 23.1. The number of likely N-dealkylation sites (N-methyl/N-ethyl adjacent to an activating group) is 1. The maximum Gasteiger partial charge on any atom is 0.232 e. The first-order valence-corrected chi connectivity index (χ1v) is 9.61. The van der Waals surface area contributed by atoms with Crippen LogP contribution in [-0.4, -0.2) is 72.2 Å². The first-order valence-electron chi connectivity index (χ1n) is 8.63. The van der Waals surface area contributed by atoms with Crippen molar-refractivity contribution in [2.45, 2.75) is 30.3 Å². The fraction of sp³-hybridized carbons (Fsp3) is 0.611. The Morgan fingerprint density at radius 3 is 2.68 bits per heavy atom. The van der Waals surface area contributed by atoms with Crippen molar-refractivity contribution in [1.82, 2.24) is 14.8 Å². The molecule has 6 nitrogen and oxygen atoms in total. The van der Waals surface area contributed by atoms with E-state index in [1.165, 1.54) is 11.8 Å². The zero-order valence-corrected chi connectivity index (χ0v) is 15.6. The zero-order valence-electron chi connectivity index (χ0n) is 14.8. The number of hydrogen-bond donors (Lipinski definition) is 0. The molecule has 0 saturated carbocycles. The number of aromatic nitrogens is 1. The van der Waals surface area contributed by atoms with Crippen LogP contribution in [0.5, 0.6) is 0 Å². The number of amides is 2. The summed E-state index contributed by atoms with van der Waals surface area (Å²) in [5, 5.41) is 0. The molecule has 7 heteroatoms. The minimum atomic E-state index is -0.358. The smallest absolute Gasteiger partial charge is 0.232 e. The van der Waals surface area contributed by atoms with Crippen LogP contribution in [0.4, 0.5) is 0 Å². The van der Waals surface area contributed by atoms with E-state index >= 15 is 0 Å². The number of pyridine rings is 1. The van der Waals surface area contributed by atoms with Crippen LogP contribution in [0, 0.1) is 5.41 Å². The van der Waals surface area contributed by atoms with Gasteiger partial charge in [-0.15, -0.1) is 11.8 Å². The Kier molecular flexibility index (Phi) is 5.64. The van der Waals surface area contributed by atoms with Crippen LogP contribution >= 0.6 is 11.8 Å². The lowest BCUT2D eigenvalue weighted by Gasteiger charge is -2.47. The van der Waals surface area contributed by atoms with E-state index in [1.807, 2.05) is 24.1 Å². The second-order valence-electron chi connectivity index (χ2n) is 6.88. The van der Waals surface area contributed by atoms with Crippen LogP contribution in [0.3, 0.4) is 0 Å². The zero-order chi connectivity index (χ0) is 17.9. The fourth-order valence-electron chi connectivity index (χ4n) is 3.81. The molecule has 3 rings (SSSR count). The predicted octanol–water partition coefficient (Wildman–Crippen LogP) is 1.66. The average Bonchev–Trinajstić information content (AvgIpc) is 2.65. The largest absolute Gasteiger partial charge is 0.380 e. The maximum absolute atomic E-state index is 12.7. The third-order valence-electron chi connectivity index (χ3n) is 5.31. The van der Waals surface area contributed by atoms with Gasteiger partial charge in [-0.05, 0) is 31.4 Å². The quantitative estimate of drug-likeness (QED) is 0.762. The summed E-state index contributed by atoms with van der Waals surface area (Å²) in [5.74, 6) is 0.765. The highest BCUT2D eigenvalue weighted by Crippen LogP contribution is 2.41. The maximum atomic E-state index is 12.7. The molecule has 2 saturated heterocycles.